The van der Waals surface area contributed by atoms with Crippen LogP contribution >= 0.6 is 0 Å². The van der Waals surface area contributed by atoms with Crippen LogP contribution in [-0.4, -0.2) is 29.6 Å². The summed E-state index contributed by atoms with van der Waals surface area (Å²) in [6, 6.07) is 0.362. The van der Waals surface area contributed by atoms with Crippen molar-refractivity contribution in [2.45, 2.75) is 64.0 Å². The van der Waals surface area contributed by atoms with Gasteiger partial charge in [-0.2, -0.15) is 0 Å². The minimum absolute atomic E-state index is 0.214. The molecular weight excluding hydrogens is 184 g/mol. The summed E-state index contributed by atoms with van der Waals surface area (Å²) in [5.74, 6) is 0.932. The predicted molar refractivity (Wildman–Crippen MR) is 64.8 cm³/mol. The van der Waals surface area contributed by atoms with Crippen LogP contribution in [0.25, 0.3) is 0 Å². The summed E-state index contributed by atoms with van der Waals surface area (Å²) in [5, 5.41) is 0. The Hall–Kier alpha value is -0.0800. The highest BCUT2D eigenvalue weighted by Gasteiger charge is 2.36. The lowest BCUT2D eigenvalue weighted by Crippen LogP contribution is -2.55. The Labute approximate surface area is 94.2 Å². The monoisotopic (exact) mass is 210 g/mol. The van der Waals surface area contributed by atoms with Crippen LogP contribution in [0.3, 0.4) is 0 Å². The lowest BCUT2D eigenvalue weighted by Gasteiger charge is -2.42. The van der Waals surface area contributed by atoms with E-state index in [0.29, 0.717) is 6.04 Å². The number of hydrogen-bond donors (Lipinski definition) is 1. The highest BCUT2D eigenvalue weighted by atomic mass is 15.2. The zero-order chi connectivity index (χ0) is 10.9. The van der Waals surface area contributed by atoms with Gasteiger partial charge in [0, 0.05) is 11.6 Å². The molecule has 1 saturated carbocycles. The molecule has 0 aromatic heterocycles. The van der Waals surface area contributed by atoms with Gasteiger partial charge < -0.3 is 5.73 Å². The molecule has 1 aliphatic heterocycles. The third-order valence-electron chi connectivity index (χ3n) is 4.64. The molecule has 0 aromatic carbocycles. The summed E-state index contributed by atoms with van der Waals surface area (Å²) < 4.78 is 0. The van der Waals surface area contributed by atoms with Crippen LogP contribution in [0.2, 0.25) is 0 Å². The van der Waals surface area contributed by atoms with Gasteiger partial charge in [-0.3, -0.25) is 4.90 Å². The molecule has 0 amide bonds. The van der Waals surface area contributed by atoms with Gasteiger partial charge >= 0.3 is 0 Å². The van der Waals surface area contributed by atoms with E-state index in [1.54, 1.807) is 0 Å². The summed E-state index contributed by atoms with van der Waals surface area (Å²) in [7, 11) is 0. The van der Waals surface area contributed by atoms with E-state index < -0.39 is 0 Å². The maximum Gasteiger partial charge on any atom is 0.0304 e. The molecule has 2 aliphatic rings. The van der Waals surface area contributed by atoms with Crippen molar-refractivity contribution in [2.75, 3.05) is 13.1 Å². The highest BCUT2D eigenvalue weighted by Crippen LogP contribution is 2.34. The number of hydrogen-bond acceptors (Lipinski definition) is 2. The second-order valence-electron chi connectivity index (χ2n) is 5.99. The van der Waals surface area contributed by atoms with Crippen molar-refractivity contribution in [3.8, 4) is 0 Å². The summed E-state index contributed by atoms with van der Waals surface area (Å²) >= 11 is 0. The van der Waals surface area contributed by atoms with Gasteiger partial charge in [-0.05, 0) is 52.1 Å². The lowest BCUT2D eigenvalue weighted by atomic mass is 9.77. The van der Waals surface area contributed by atoms with E-state index in [-0.39, 0.29) is 5.54 Å². The molecule has 2 N–H and O–H groups in total. The maximum atomic E-state index is 6.40. The van der Waals surface area contributed by atoms with Gasteiger partial charge in [-0.1, -0.05) is 19.3 Å². The first-order valence-corrected chi connectivity index (χ1v) is 6.61. The van der Waals surface area contributed by atoms with Crippen molar-refractivity contribution < 1.29 is 0 Å². The summed E-state index contributed by atoms with van der Waals surface area (Å²) in [5.41, 5.74) is 6.61. The molecule has 88 valence electrons. The Kier molecular flexibility index (Phi) is 3.36. The fourth-order valence-electron chi connectivity index (χ4n) is 2.90. The standard InChI is InChI=1S/C13H26N2/c1-13(2,15-8-3-4-9-15)12(14)10-11-6-5-7-11/h11-12H,3-10,14H2,1-2H3. The van der Waals surface area contributed by atoms with Gasteiger partial charge in [0.1, 0.15) is 0 Å². The van der Waals surface area contributed by atoms with Crippen molar-refractivity contribution >= 4 is 0 Å². The van der Waals surface area contributed by atoms with Crippen LogP contribution in [0.1, 0.15) is 52.4 Å². The molecule has 1 aliphatic carbocycles. The molecule has 0 aromatic rings. The Bertz CT molecular complexity index is 203. The average molecular weight is 210 g/mol. The summed E-state index contributed by atoms with van der Waals surface area (Å²) in [6.45, 7) is 7.18. The van der Waals surface area contributed by atoms with Gasteiger partial charge in [0.25, 0.3) is 0 Å². The van der Waals surface area contributed by atoms with Crippen molar-refractivity contribution in [2.24, 2.45) is 11.7 Å². The first-order chi connectivity index (χ1) is 7.10. The van der Waals surface area contributed by atoms with Crippen LogP contribution in [-0.2, 0) is 0 Å². The third kappa shape index (κ3) is 2.36. The van der Waals surface area contributed by atoms with E-state index in [0.717, 1.165) is 5.92 Å². The average Bonchev–Trinajstić information content (AvgIpc) is 2.63. The fourth-order valence-corrected chi connectivity index (χ4v) is 2.90. The van der Waals surface area contributed by atoms with E-state index in [1.807, 2.05) is 0 Å². The summed E-state index contributed by atoms with van der Waals surface area (Å²) in [6.07, 6.45) is 8.23. The molecule has 0 spiro atoms. The number of nitrogens with two attached hydrogens (primary N) is 1. The van der Waals surface area contributed by atoms with Gasteiger partial charge in [-0.15, -0.1) is 0 Å². The van der Waals surface area contributed by atoms with Crippen molar-refractivity contribution in [1.82, 2.24) is 4.90 Å². The van der Waals surface area contributed by atoms with E-state index in [4.69, 9.17) is 5.73 Å². The second kappa shape index (κ2) is 4.42. The number of likely N-dealkylation sites (tertiary alicyclic amines) is 1. The highest BCUT2D eigenvalue weighted by molar-refractivity contribution is 4.95. The van der Waals surface area contributed by atoms with E-state index in [9.17, 15) is 0 Å². The molecule has 2 heteroatoms. The Morgan fingerprint density at radius 3 is 2.27 bits per heavy atom. The normalized spacial score (nSPS) is 26.6. The topological polar surface area (TPSA) is 29.3 Å². The van der Waals surface area contributed by atoms with Crippen LogP contribution < -0.4 is 5.73 Å². The summed E-state index contributed by atoms with van der Waals surface area (Å²) in [4.78, 5) is 2.59. The molecule has 1 saturated heterocycles. The minimum atomic E-state index is 0.214. The van der Waals surface area contributed by atoms with Crippen LogP contribution in [0.15, 0.2) is 0 Å². The maximum absolute atomic E-state index is 6.40. The second-order valence-corrected chi connectivity index (χ2v) is 5.99. The van der Waals surface area contributed by atoms with Gasteiger partial charge in [0.2, 0.25) is 0 Å². The van der Waals surface area contributed by atoms with Gasteiger partial charge in [-0.25, -0.2) is 0 Å². The van der Waals surface area contributed by atoms with Crippen LogP contribution in [0.5, 0.6) is 0 Å². The smallest absolute Gasteiger partial charge is 0.0304 e. The number of rotatable bonds is 4. The minimum Gasteiger partial charge on any atom is -0.326 e. The lowest BCUT2D eigenvalue weighted by molar-refractivity contribution is 0.102. The molecule has 1 atom stereocenters. The van der Waals surface area contributed by atoms with Gasteiger partial charge in [0.05, 0.1) is 0 Å². The Balaban J connectivity index is 1.87. The molecule has 1 heterocycles. The Morgan fingerprint density at radius 1 is 1.20 bits per heavy atom. The first-order valence-electron chi connectivity index (χ1n) is 6.61. The molecule has 0 radical (unpaired) electrons. The molecule has 2 fully saturated rings. The van der Waals surface area contributed by atoms with Crippen molar-refractivity contribution in [3.63, 3.8) is 0 Å². The quantitative estimate of drug-likeness (QED) is 0.772. The van der Waals surface area contributed by atoms with E-state index in [1.165, 1.54) is 51.6 Å². The zero-order valence-electron chi connectivity index (χ0n) is 10.3. The zero-order valence-corrected chi connectivity index (χ0v) is 10.3. The Morgan fingerprint density at radius 2 is 1.80 bits per heavy atom. The molecule has 2 rings (SSSR count). The first kappa shape index (κ1) is 11.4. The van der Waals surface area contributed by atoms with E-state index >= 15 is 0 Å². The number of nitrogens with zero attached hydrogens (tertiary/aromatic N) is 1. The van der Waals surface area contributed by atoms with Crippen molar-refractivity contribution in [1.29, 1.82) is 0 Å². The SMILES string of the molecule is CC(C)(C(N)CC1CCC1)N1CCCC1. The molecule has 15 heavy (non-hydrogen) atoms. The molecule has 2 nitrogen and oxygen atoms in total. The van der Waals surface area contributed by atoms with E-state index in [2.05, 4.69) is 18.7 Å². The van der Waals surface area contributed by atoms with Crippen LogP contribution in [0.4, 0.5) is 0 Å². The molecular formula is C13H26N2. The molecule has 0 bridgehead atoms. The van der Waals surface area contributed by atoms with Crippen LogP contribution in [0, 0.1) is 5.92 Å². The fraction of sp³-hybridized carbons (Fsp3) is 1.00. The third-order valence-corrected chi connectivity index (χ3v) is 4.64. The molecule has 1 unspecified atom stereocenters. The van der Waals surface area contributed by atoms with Gasteiger partial charge in [0.15, 0.2) is 0 Å². The largest absolute Gasteiger partial charge is 0.326 e. The van der Waals surface area contributed by atoms with Crippen molar-refractivity contribution in [3.05, 3.63) is 0 Å². The predicted octanol–water partition coefficient (Wildman–Crippen LogP) is 2.38.